The number of nitrogens with zero attached hydrogens (tertiary/aromatic N) is 3. The van der Waals surface area contributed by atoms with Crippen LogP contribution < -0.4 is 15.6 Å². The molecule has 0 bridgehead atoms. The molecule has 3 aromatic rings. The molecule has 0 saturated heterocycles. The van der Waals surface area contributed by atoms with Crippen LogP contribution in [0.25, 0.3) is 0 Å². The average Bonchev–Trinajstić information content (AvgIpc) is 2.97. The third-order valence-corrected chi connectivity index (χ3v) is 2.99. The Hall–Kier alpha value is -3.22. The smallest absolute Gasteiger partial charge is 0.321 e. The van der Waals surface area contributed by atoms with E-state index in [4.69, 9.17) is 4.52 Å². The van der Waals surface area contributed by atoms with E-state index < -0.39 is 6.03 Å². The van der Waals surface area contributed by atoms with Gasteiger partial charge in [-0.15, -0.1) is 0 Å². The molecule has 0 unspecified atom stereocenters. The summed E-state index contributed by atoms with van der Waals surface area (Å²) >= 11 is 0. The first kappa shape index (κ1) is 14.7. The van der Waals surface area contributed by atoms with E-state index in [-0.39, 0.29) is 11.4 Å². The normalized spacial score (nSPS) is 11.4. The van der Waals surface area contributed by atoms with E-state index in [1.54, 1.807) is 36.4 Å². The number of hydrogen-bond donors (Lipinski definition) is 1. The molecule has 1 aromatic heterocycles. The van der Waals surface area contributed by atoms with Crippen LogP contribution in [0.15, 0.2) is 70.3 Å². The first-order chi connectivity index (χ1) is 11.2. The number of nitrogens with one attached hydrogen (secondary N) is 1. The van der Waals surface area contributed by atoms with Crippen molar-refractivity contribution in [2.24, 2.45) is 4.99 Å². The van der Waals surface area contributed by atoms with Crippen LogP contribution in [0.3, 0.4) is 0 Å². The summed E-state index contributed by atoms with van der Waals surface area (Å²) in [6, 6.07) is 14.4. The highest BCUT2D eigenvalue weighted by Crippen LogP contribution is 2.04. The van der Waals surface area contributed by atoms with Crippen molar-refractivity contribution in [2.75, 3.05) is 5.32 Å². The topological polar surface area (TPSA) is 71.4 Å². The van der Waals surface area contributed by atoms with Crippen molar-refractivity contribution in [2.45, 2.75) is 6.54 Å². The second-order valence-corrected chi connectivity index (χ2v) is 4.77. The summed E-state index contributed by atoms with van der Waals surface area (Å²) < 4.78 is 19.3. The number of aromatic nitrogens is 2. The number of halogens is 1. The zero-order chi connectivity index (χ0) is 16.1. The molecule has 0 spiro atoms. The lowest BCUT2D eigenvalue weighted by Gasteiger charge is -1.98. The number of hydrogen-bond acceptors (Lipinski definition) is 3. The summed E-state index contributed by atoms with van der Waals surface area (Å²) in [5.74, 6) is -0.299. The number of rotatable bonds is 3. The minimum absolute atomic E-state index is 0.0838. The third kappa shape index (κ3) is 4.13. The van der Waals surface area contributed by atoms with Crippen molar-refractivity contribution in [3.63, 3.8) is 0 Å². The molecule has 0 atom stereocenters. The minimum Gasteiger partial charge on any atom is -0.321 e. The molecule has 6 nitrogen and oxygen atoms in total. The Morgan fingerprint density at radius 1 is 1.22 bits per heavy atom. The van der Waals surface area contributed by atoms with Crippen LogP contribution in [-0.4, -0.2) is 11.3 Å². The third-order valence-electron chi connectivity index (χ3n) is 2.99. The first-order valence-corrected chi connectivity index (χ1v) is 6.88. The lowest BCUT2D eigenvalue weighted by Crippen LogP contribution is -2.36. The summed E-state index contributed by atoms with van der Waals surface area (Å²) in [5.41, 5.74) is 1.57. The van der Waals surface area contributed by atoms with Crippen molar-refractivity contribution in [3.8, 4) is 0 Å². The Morgan fingerprint density at radius 3 is 2.70 bits per heavy atom. The number of carbonyl (C=O) groups excluding carboxylic acids is 1. The van der Waals surface area contributed by atoms with Gasteiger partial charge < -0.3 is 9.84 Å². The van der Waals surface area contributed by atoms with Crippen LogP contribution in [0.5, 0.6) is 0 Å². The van der Waals surface area contributed by atoms with E-state index in [0.29, 0.717) is 12.2 Å². The molecule has 0 radical (unpaired) electrons. The number of benzene rings is 2. The molecule has 116 valence electrons. The molecule has 0 aliphatic carbocycles. The van der Waals surface area contributed by atoms with Crippen LogP contribution in [-0.2, 0) is 6.54 Å². The molecule has 0 aliphatic heterocycles. The van der Waals surface area contributed by atoms with Gasteiger partial charge in [0, 0.05) is 11.3 Å². The van der Waals surface area contributed by atoms with E-state index in [1.807, 2.05) is 6.07 Å². The zero-order valence-electron chi connectivity index (χ0n) is 12.0. The highest BCUT2D eigenvalue weighted by atomic mass is 19.1. The SMILES string of the molecule is O=C(/N=c1\[cH-][n+](Cc2ccc(F)cc2)no1)Nc1ccccc1. The van der Waals surface area contributed by atoms with Crippen LogP contribution >= 0.6 is 0 Å². The Morgan fingerprint density at radius 2 is 1.96 bits per heavy atom. The minimum atomic E-state index is -0.554. The quantitative estimate of drug-likeness (QED) is 0.594. The molecule has 1 N–H and O–H groups in total. The molecule has 0 aliphatic rings. The van der Waals surface area contributed by atoms with Crippen LogP contribution in [0, 0.1) is 5.82 Å². The lowest BCUT2D eigenvalue weighted by atomic mass is 10.2. The van der Waals surface area contributed by atoms with Crippen molar-refractivity contribution >= 4 is 11.7 Å². The molecule has 2 amide bonds. The van der Waals surface area contributed by atoms with Gasteiger partial charge in [0.25, 0.3) is 0 Å². The van der Waals surface area contributed by atoms with E-state index in [9.17, 15) is 9.18 Å². The van der Waals surface area contributed by atoms with Gasteiger partial charge in [0.15, 0.2) is 17.4 Å². The maximum Gasteiger partial charge on any atom is 0.346 e. The lowest BCUT2D eigenvalue weighted by molar-refractivity contribution is -0.754. The van der Waals surface area contributed by atoms with Crippen LogP contribution in [0.2, 0.25) is 0 Å². The summed E-state index contributed by atoms with van der Waals surface area (Å²) in [7, 11) is 0. The van der Waals surface area contributed by atoms with Gasteiger partial charge in [-0.3, -0.25) is 0 Å². The van der Waals surface area contributed by atoms with Crippen molar-refractivity contribution in [3.05, 3.63) is 77.7 Å². The Bertz CT molecular complexity index is 854. The second-order valence-electron chi connectivity index (χ2n) is 4.77. The predicted octanol–water partition coefficient (Wildman–Crippen LogP) is 2.00. The molecular weight excluding hydrogens is 299 g/mol. The van der Waals surface area contributed by atoms with Crippen molar-refractivity contribution < 1.29 is 18.4 Å². The second kappa shape index (κ2) is 6.69. The summed E-state index contributed by atoms with van der Waals surface area (Å²) in [6.45, 7) is 0.388. The summed E-state index contributed by atoms with van der Waals surface area (Å²) in [4.78, 5) is 15.5. The molecule has 2 aromatic carbocycles. The number of amides is 2. The van der Waals surface area contributed by atoms with E-state index in [2.05, 4.69) is 15.6 Å². The van der Waals surface area contributed by atoms with Gasteiger partial charge in [0.2, 0.25) is 0 Å². The van der Waals surface area contributed by atoms with Gasteiger partial charge in [-0.25, -0.2) is 13.9 Å². The van der Waals surface area contributed by atoms with Gasteiger partial charge >= 0.3 is 6.03 Å². The van der Waals surface area contributed by atoms with Crippen molar-refractivity contribution in [1.29, 1.82) is 0 Å². The molecule has 3 rings (SSSR count). The fraction of sp³-hybridized carbons (Fsp3) is 0.0625. The number of urea groups is 1. The average molecular weight is 312 g/mol. The van der Waals surface area contributed by atoms with E-state index >= 15 is 0 Å². The highest BCUT2D eigenvalue weighted by molar-refractivity contribution is 5.89. The van der Waals surface area contributed by atoms with E-state index in [0.717, 1.165) is 5.56 Å². The molecule has 1 heterocycles. The number of anilines is 1. The largest absolute Gasteiger partial charge is 0.346 e. The zero-order valence-corrected chi connectivity index (χ0v) is 12.0. The van der Waals surface area contributed by atoms with Gasteiger partial charge in [-0.1, -0.05) is 18.2 Å². The van der Waals surface area contributed by atoms with E-state index in [1.165, 1.54) is 23.0 Å². The summed E-state index contributed by atoms with van der Waals surface area (Å²) in [5, 5.41) is 6.38. The highest BCUT2D eigenvalue weighted by Gasteiger charge is 2.03. The molecule has 7 heteroatoms. The first-order valence-electron chi connectivity index (χ1n) is 6.88. The molecule has 0 saturated carbocycles. The standard InChI is InChI=1S/C16H13FN4O2/c17-13-8-6-12(7-9-13)10-21-11-15(23-20-21)19-16(22)18-14-4-2-1-3-5-14/h1-9,11H,10H2,(H,18,22)/b19-15+. The monoisotopic (exact) mass is 312 g/mol. The Labute approximate surface area is 130 Å². The van der Waals surface area contributed by atoms with Crippen LogP contribution in [0.1, 0.15) is 5.56 Å². The van der Waals surface area contributed by atoms with Gasteiger partial charge in [-0.05, 0) is 42.6 Å². The summed E-state index contributed by atoms with van der Waals surface area (Å²) in [6.07, 6.45) is 1.49. The van der Waals surface area contributed by atoms with Gasteiger partial charge in [0.05, 0.1) is 0 Å². The number of para-hydroxylation sites is 1. The maximum atomic E-state index is 12.9. The Kier molecular flexibility index (Phi) is 4.28. The van der Waals surface area contributed by atoms with Crippen molar-refractivity contribution in [1.82, 2.24) is 5.27 Å². The molecule has 0 fully saturated rings. The fourth-order valence-corrected chi connectivity index (χ4v) is 1.94. The maximum absolute atomic E-state index is 12.9. The molecule has 23 heavy (non-hydrogen) atoms. The fourth-order valence-electron chi connectivity index (χ4n) is 1.94. The predicted molar refractivity (Wildman–Crippen MR) is 78.8 cm³/mol. The van der Waals surface area contributed by atoms with Gasteiger partial charge in [0.1, 0.15) is 5.82 Å². The van der Waals surface area contributed by atoms with Crippen LogP contribution in [0.4, 0.5) is 14.9 Å². The Balaban J connectivity index is 1.68. The van der Waals surface area contributed by atoms with Gasteiger partial charge in [-0.2, -0.15) is 4.99 Å². The molecular formula is C16H13FN4O2. The number of carbonyl (C=O) groups is 1.